The van der Waals surface area contributed by atoms with Gasteiger partial charge in [0.2, 0.25) is 5.91 Å². The molecule has 27 heavy (non-hydrogen) atoms. The van der Waals surface area contributed by atoms with Gasteiger partial charge in [0.1, 0.15) is 12.4 Å². The summed E-state index contributed by atoms with van der Waals surface area (Å²) in [5, 5.41) is 7.35. The van der Waals surface area contributed by atoms with Crippen LogP contribution in [0.1, 0.15) is 38.9 Å². The maximum absolute atomic E-state index is 12.4. The van der Waals surface area contributed by atoms with Gasteiger partial charge >= 0.3 is 5.69 Å². The average Bonchev–Trinajstić information content (AvgIpc) is 2.84. The van der Waals surface area contributed by atoms with Crippen molar-refractivity contribution in [1.29, 1.82) is 0 Å². The van der Waals surface area contributed by atoms with Crippen LogP contribution in [0.4, 0.5) is 0 Å². The van der Waals surface area contributed by atoms with Crippen LogP contribution in [0, 0.1) is 5.92 Å². The van der Waals surface area contributed by atoms with Gasteiger partial charge in [-0.25, -0.2) is 9.48 Å². The first-order valence-corrected chi connectivity index (χ1v) is 10.4. The predicted octanol–water partition coefficient (Wildman–Crippen LogP) is 0.161. The van der Waals surface area contributed by atoms with E-state index in [-0.39, 0.29) is 18.1 Å². The first-order valence-electron chi connectivity index (χ1n) is 10.4. The van der Waals surface area contributed by atoms with Crippen molar-refractivity contribution in [3.05, 3.63) is 16.3 Å². The maximum Gasteiger partial charge on any atom is 0.346 e. The van der Waals surface area contributed by atoms with Gasteiger partial charge in [0.15, 0.2) is 0 Å². The molecule has 1 atom stereocenters. The Kier molecular flexibility index (Phi) is 7.07. The molecule has 0 radical (unpaired) electrons. The van der Waals surface area contributed by atoms with Crippen LogP contribution in [-0.2, 0) is 24.3 Å². The lowest BCUT2D eigenvalue weighted by Gasteiger charge is -2.35. The van der Waals surface area contributed by atoms with Crippen LogP contribution in [0.15, 0.2) is 4.79 Å². The van der Waals surface area contributed by atoms with E-state index in [0.717, 1.165) is 77.3 Å². The number of likely N-dealkylation sites (N-methyl/N-ethyl adjacent to an activating group) is 1. The second kappa shape index (κ2) is 9.50. The summed E-state index contributed by atoms with van der Waals surface area (Å²) in [6.45, 7) is 12.3. The third-order valence-corrected chi connectivity index (χ3v) is 5.70. The Morgan fingerprint density at radius 2 is 1.85 bits per heavy atom. The third-order valence-electron chi connectivity index (χ3n) is 5.70. The minimum absolute atomic E-state index is 0.0146. The van der Waals surface area contributed by atoms with E-state index in [2.05, 4.69) is 34.1 Å². The Hall–Kier alpha value is -1.67. The zero-order valence-corrected chi connectivity index (χ0v) is 16.8. The smallest absolute Gasteiger partial charge is 0.346 e. The van der Waals surface area contributed by atoms with Crippen molar-refractivity contribution in [2.45, 2.75) is 52.6 Å². The molecule has 0 bridgehead atoms. The number of aromatic nitrogens is 3. The lowest BCUT2D eigenvalue weighted by atomic mass is 10.1. The van der Waals surface area contributed by atoms with Gasteiger partial charge in [0.25, 0.3) is 0 Å². The Labute approximate surface area is 161 Å². The summed E-state index contributed by atoms with van der Waals surface area (Å²) in [6, 6.07) is 0. The van der Waals surface area contributed by atoms with Crippen LogP contribution in [0.25, 0.3) is 0 Å². The highest BCUT2D eigenvalue weighted by Crippen LogP contribution is 2.10. The molecule has 1 amide bonds. The number of carbonyl (C=O) groups is 1. The number of hydrogen-bond acceptors (Lipinski definition) is 5. The number of aryl methyl sites for hydroxylation is 1. The number of carbonyl (C=O) groups excluding carboxylic acids is 1. The van der Waals surface area contributed by atoms with Crippen molar-refractivity contribution < 1.29 is 4.79 Å². The Morgan fingerprint density at radius 1 is 1.11 bits per heavy atom. The summed E-state index contributed by atoms with van der Waals surface area (Å²) >= 11 is 0. The van der Waals surface area contributed by atoms with Gasteiger partial charge in [-0.2, -0.15) is 5.10 Å². The second-order valence-electron chi connectivity index (χ2n) is 7.96. The fraction of sp³-hybridized carbons (Fsp3) is 0.842. The summed E-state index contributed by atoms with van der Waals surface area (Å²) in [5.41, 5.74) is -0.149. The summed E-state index contributed by atoms with van der Waals surface area (Å²) in [7, 11) is 0. The fourth-order valence-electron chi connectivity index (χ4n) is 4.00. The average molecular weight is 379 g/mol. The van der Waals surface area contributed by atoms with E-state index in [1.807, 2.05) is 0 Å². The topological polar surface area (TPSA) is 75.4 Å². The van der Waals surface area contributed by atoms with Crippen molar-refractivity contribution in [3.63, 3.8) is 0 Å². The van der Waals surface area contributed by atoms with Gasteiger partial charge in [-0.15, -0.1) is 0 Å². The number of piperazine rings is 1. The number of rotatable bonds is 7. The van der Waals surface area contributed by atoms with Gasteiger partial charge in [-0.05, 0) is 25.3 Å². The van der Waals surface area contributed by atoms with Crippen molar-refractivity contribution >= 4 is 5.91 Å². The van der Waals surface area contributed by atoms with Gasteiger partial charge in [-0.1, -0.05) is 20.3 Å². The third kappa shape index (κ3) is 5.42. The van der Waals surface area contributed by atoms with E-state index in [4.69, 9.17) is 0 Å². The second-order valence-corrected chi connectivity index (χ2v) is 7.96. The molecule has 3 rings (SSSR count). The van der Waals surface area contributed by atoms with Crippen LogP contribution in [0.2, 0.25) is 0 Å². The molecule has 1 saturated heterocycles. The normalized spacial score (nSPS) is 20.1. The first kappa shape index (κ1) is 20.1. The Bertz CT molecular complexity index is 674. The van der Waals surface area contributed by atoms with Gasteiger partial charge in [0.05, 0.1) is 0 Å². The molecule has 2 aliphatic heterocycles. The zero-order valence-electron chi connectivity index (χ0n) is 16.8. The van der Waals surface area contributed by atoms with E-state index in [0.29, 0.717) is 12.5 Å². The van der Waals surface area contributed by atoms with Crippen molar-refractivity contribution in [1.82, 2.24) is 29.5 Å². The van der Waals surface area contributed by atoms with Crippen LogP contribution in [0.5, 0.6) is 0 Å². The SMILES string of the molecule is CCN1CCN(CC(C)CNC(=O)Cn2nc3n(c2=O)CCCCC3)CC1. The Morgan fingerprint density at radius 3 is 2.59 bits per heavy atom. The van der Waals surface area contributed by atoms with Crippen molar-refractivity contribution in [2.75, 3.05) is 45.8 Å². The summed E-state index contributed by atoms with van der Waals surface area (Å²) in [4.78, 5) is 29.6. The molecule has 1 N–H and O–H groups in total. The highest BCUT2D eigenvalue weighted by atomic mass is 16.2. The van der Waals surface area contributed by atoms with Crippen LogP contribution < -0.4 is 11.0 Å². The molecule has 0 saturated carbocycles. The largest absolute Gasteiger partial charge is 0.354 e. The van der Waals surface area contributed by atoms with Gasteiger partial charge < -0.3 is 15.1 Å². The van der Waals surface area contributed by atoms with E-state index in [1.165, 1.54) is 4.68 Å². The number of nitrogens with one attached hydrogen (secondary N) is 1. The van der Waals surface area contributed by atoms with E-state index < -0.39 is 0 Å². The lowest BCUT2D eigenvalue weighted by molar-refractivity contribution is -0.122. The fourth-order valence-corrected chi connectivity index (χ4v) is 4.00. The summed E-state index contributed by atoms with van der Waals surface area (Å²) in [5.74, 6) is 1.08. The molecule has 152 valence electrons. The van der Waals surface area contributed by atoms with Gasteiger partial charge in [-0.3, -0.25) is 9.36 Å². The minimum atomic E-state index is -0.149. The highest BCUT2D eigenvalue weighted by molar-refractivity contribution is 5.75. The van der Waals surface area contributed by atoms with Crippen LogP contribution in [0.3, 0.4) is 0 Å². The molecular formula is C19H34N6O2. The minimum Gasteiger partial charge on any atom is -0.354 e. The van der Waals surface area contributed by atoms with E-state index in [9.17, 15) is 9.59 Å². The Balaban J connectivity index is 1.43. The van der Waals surface area contributed by atoms with Crippen molar-refractivity contribution in [3.8, 4) is 0 Å². The molecular weight excluding hydrogens is 344 g/mol. The molecule has 0 aromatic carbocycles. The molecule has 1 aromatic rings. The number of amides is 1. The molecule has 1 aromatic heterocycles. The molecule has 1 unspecified atom stereocenters. The molecule has 8 heteroatoms. The van der Waals surface area contributed by atoms with Crippen LogP contribution >= 0.6 is 0 Å². The molecule has 1 fully saturated rings. The quantitative estimate of drug-likeness (QED) is 0.732. The standard InChI is InChI=1S/C19H34N6O2/c1-3-22-9-11-23(12-10-22)14-16(2)13-20-18(26)15-25-19(27)24-8-6-4-5-7-17(24)21-25/h16H,3-15H2,1-2H3,(H,20,26). The summed E-state index contributed by atoms with van der Waals surface area (Å²) < 4.78 is 3.06. The molecule has 8 nitrogen and oxygen atoms in total. The first-order chi connectivity index (χ1) is 13.1. The number of hydrogen-bond donors (Lipinski definition) is 1. The predicted molar refractivity (Wildman–Crippen MR) is 105 cm³/mol. The molecule has 2 aliphatic rings. The molecule has 3 heterocycles. The zero-order chi connectivity index (χ0) is 19.2. The lowest BCUT2D eigenvalue weighted by Crippen LogP contribution is -2.48. The highest BCUT2D eigenvalue weighted by Gasteiger charge is 2.19. The van der Waals surface area contributed by atoms with E-state index >= 15 is 0 Å². The van der Waals surface area contributed by atoms with Crippen LogP contribution in [-0.4, -0.2) is 75.9 Å². The monoisotopic (exact) mass is 378 g/mol. The molecule has 0 aliphatic carbocycles. The molecule has 0 spiro atoms. The van der Waals surface area contributed by atoms with Gasteiger partial charge in [0, 0.05) is 52.2 Å². The summed E-state index contributed by atoms with van der Waals surface area (Å²) in [6.07, 6.45) is 4.03. The van der Waals surface area contributed by atoms with E-state index in [1.54, 1.807) is 4.57 Å². The van der Waals surface area contributed by atoms with Crippen molar-refractivity contribution in [2.24, 2.45) is 5.92 Å². The number of fused-ring (bicyclic) bond motifs is 1. The number of nitrogens with zero attached hydrogens (tertiary/aromatic N) is 5. The maximum atomic E-state index is 12.4.